The molecule has 0 fully saturated rings. The fraction of sp³-hybridized carbons (Fsp3) is 0.250. The van der Waals surface area contributed by atoms with Gasteiger partial charge >= 0.3 is 12.1 Å². The van der Waals surface area contributed by atoms with Gasteiger partial charge in [0.15, 0.2) is 0 Å². The van der Waals surface area contributed by atoms with E-state index in [1.165, 1.54) is 12.3 Å². The van der Waals surface area contributed by atoms with Crippen molar-refractivity contribution in [2.45, 2.75) is 25.4 Å². The van der Waals surface area contributed by atoms with Crippen molar-refractivity contribution >= 4 is 34.6 Å². The fourth-order valence-corrected chi connectivity index (χ4v) is 2.54. The molecule has 0 amide bonds. The van der Waals surface area contributed by atoms with Crippen molar-refractivity contribution in [3.63, 3.8) is 0 Å². The lowest BCUT2D eigenvalue weighted by Crippen LogP contribution is -2.12. The zero-order valence-electron chi connectivity index (χ0n) is 13.1. The maximum absolute atomic E-state index is 12.8. The molecule has 0 saturated heterocycles. The summed E-state index contributed by atoms with van der Waals surface area (Å²) in [6.07, 6.45) is -2.83. The lowest BCUT2D eigenvalue weighted by Gasteiger charge is -2.15. The second kappa shape index (κ2) is 7.18. The maximum atomic E-state index is 12.8. The Bertz CT molecular complexity index is 779. The van der Waals surface area contributed by atoms with E-state index in [4.69, 9.17) is 22.4 Å². The number of carboxylic acids is 1. The van der Waals surface area contributed by atoms with Crippen LogP contribution in [0.5, 0.6) is 0 Å². The number of anilines is 3. The van der Waals surface area contributed by atoms with Gasteiger partial charge in [0.05, 0.1) is 45.5 Å². The normalized spacial score (nSPS) is 12.7. The highest BCUT2D eigenvalue weighted by Gasteiger charge is 2.33. The molecule has 0 aliphatic rings. The van der Waals surface area contributed by atoms with E-state index >= 15 is 0 Å². The number of carboxylic acid groups (broad SMARTS) is 1. The van der Waals surface area contributed by atoms with E-state index in [2.05, 4.69) is 10.3 Å². The van der Waals surface area contributed by atoms with Crippen LogP contribution in [-0.2, 0) is 11.0 Å². The zero-order valence-corrected chi connectivity index (χ0v) is 13.8. The van der Waals surface area contributed by atoms with Gasteiger partial charge in [0, 0.05) is 0 Å². The molecule has 1 unspecified atom stereocenters. The molecule has 134 valence electrons. The summed E-state index contributed by atoms with van der Waals surface area (Å²) >= 11 is 5.68. The Labute approximate surface area is 146 Å². The third kappa shape index (κ3) is 4.33. The summed E-state index contributed by atoms with van der Waals surface area (Å²) in [5.41, 5.74) is 5.53. The zero-order chi connectivity index (χ0) is 18.8. The van der Waals surface area contributed by atoms with E-state index in [9.17, 15) is 18.0 Å². The van der Waals surface area contributed by atoms with Gasteiger partial charge in [-0.3, -0.25) is 9.78 Å². The number of hydrogen-bond acceptors (Lipinski definition) is 4. The van der Waals surface area contributed by atoms with Gasteiger partial charge in [0.2, 0.25) is 0 Å². The summed E-state index contributed by atoms with van der Waals surface area (Å²) in [5, 5.41) is 11.4. The Morgan fingerprint density at radius 1 is 1.40 bits per heavy atom. The lowest BCUT2D eigenvalue weighted by atomic mass is 10.0. The number of nitrogen functional groups attached to an aromatic ring is 1. The molecule has 25 heavy (non-hydrogen) atoms. The predicted molar refractivity (Wildman–Crippen MR) is 89.1 cm³/mol. The first kappa shape index (κ1) is 18.9. The Kier molecular flexibility index (Phi) is 5.42. The van der Waals surface area contributed by atoms with Crippen molar-refractivity contribution in [1.82, 2.24) is 4.98 Å². The average Bonchev–Trinajstić information content (AvgIpc) is 2.51. The number of nitrogens with one attached hydrogen (secondary N) is 1. The number of nitrogens with zero attached hydrogens (tertiary/aromatic N) is 1. The highest BCUT2D eigenvalue weighted by atomic mass is 35.5. The minimum atomic E-state index is -4.60. The summed E-state index contributed by atoms with van der Waals surface area (Å²) in [6, 6.07) is 4.94. The number of aromatic nitrogens is 1. The molecule has 0 aliphatic carbocycles. The minimum Gasteiger partial charge on any atom is -0.481 e. The summed E-state index contributed by atoms with van der Waals surface area (Å²) in [4.78, 5) is 15.2. The molecule has 1 aromatic heterocycles. The smallest absolute Gasteiger partial charge is 0.417 e. The molecule has 5 nitrogen and oxygen atoms in total. The molecule has 0 aliphatic heterocycles. The molecule has 9 heteroatoms. The van der Waals surface area contributed by atoms with Crippen molar-refractivity contribution in [1.29, 1.82) is 0 Å². The molecule has 0 radical (unpaired) electrons. The summed E-state index contributed by atoms with van der Waals surface area (Å²) in [6.45, 7) is 1.73. The summed E-state index contributed by atoms with van der Waals surface area (Å²) in [5.74, 6) is -1.70. The molecule has 2 rings (SSSR count). The number of hydrogen-bond donors (Lipinski definition) is 3. The number of rotatable bonds is 5. The van der Waals surface area contributed by atoms with Crippen LogP contribution >= 0.6 is 11.6 Å². The number of nitrogens with two attached hydrogens (primary N) is 1. The highest BCUT2D eigenvalue weighted by Crippen LogP contribution is 2.39. The van der Waals surface area contributed by atoms with Crippen molar-refractivity contribution in [2.24, 2.45) is 0 Å². The van der Waals surface area contributed by atoms with Crippen LogP contribution in [0.2, 0.25) is 5.02 Å². The molecule has 4 N–H and O–H groups in total. The molecule has 1 atom stereocenters. The number of carbonyl (C=O) groups is 1. The molecule has 2 aromatic rings. The van der Waals surface area contributed by atoms with E-state index in [1.54, 1.807) is 13.0 Å². The Morgan fingerprint density at radius 2 is 2.08 bits per heavy atom. The van der Waals surface area contributed by atoms with Crippen LogP contribution in [0.15, 0.2) is 30.5 Å². The van der Waals surface area contributed by atoms with Crippen LogP contribution in [0.3, 0.4) is 0 Å². The Balaban J connectivity index is 2.26. The van der Waals surface area contributed by atoms with Gasteiger partial charge in [0.25, 0.3) is 0 Å². The van der Waals surface area contributed by atoms with Crippen molar-refractivity contribution in [2.75, 3.05) is 11.1 Å². The van der Waals surface area contributed by atoms with Crippen molar-refractivity contribution in [3.8, 4) is 0 Å². The lowest BCUT2D eigenvalue weighted by molar-refractivity contribution is -0.139. The fourth-order valence-electron chi connectivity index (χ4n) is 2.27. The molecular weight excluding hydrogens is 359 g/mol. The van der Waals surface area contributed by atoms with Crippen LogP contribution in [0.25, 0.3) is 0 Å². The molecule has 0 saturated carbocycles. The van der Waals surface area contributed by atoms with Gasteiger partial charge < -0.3 is 16.2 Å². The van der Waals surface area contributed by atoms with Gasteiger partial charge in [0.1, 0.15) is 0 Å². The molecule has 0 spiro atoms. The highest BCUT2D eigenvalue weighted by molar-refractivity contribution is 6.32. The van der Waals surface area contributed by atoms with E-state index in [-0.39, 0.29) is 11.4 Å². The number of pyridine rings is 1. The SMILES string of the molecule is CCC(C(=O)O)c1ccc(Nc2cc(Cl)c(C(F)(F)F)cc2N)cn1. The van der Waals surface area contributed by atoms with E-state index in [0.29, 0.717) is 17.8 Å². The Morgan fingerprint density at radius 3 is 2.56 bits per heavy atom. The largest absolute Gasteiger partial charge is 0.481 e. The quantitative estimate of drug-likeness (QED) is 0.663. The molecule has 1 heterocycles. The molecule has 0 bridgehead atoms. The van der Waals surface area contributed by atoms with E-state index in [1.807, 2.05) is 0 Å². The van der Waals surface area contributed by atoms with E-state index in [0.717, 1.165) is 12.1 Å². The number of halogens is 4. The summed E-state index contributed by atoms with van der Waals surface area (Å²) in [7, 11) is 0. The predicted octanol–water partition coefficient (Wildman–Crippen LogP) is 4.66. The molecule has 1 aromatic carbocycles. The monoisotopic (exact) mass is 373 g/mol. The van der Waals surface area contributed by atoms with Crippen molar-refractivity contribution in [3.05, 3.63) is 46.7 Å². The van der Waals surface area contributed by atoms with Crippen LogP contribution in [0.1, 0.15) is 30.5 Å². The van der Waals surface area contributed by atoms with Crippen LogP contribution in [-0.4, -0.2) is 16.1 Å². The first-order chi connectivity index (χ1) is 11.6. The topological polar surface area (TPSA) is 88.2 Å². The van der Waals surface area contributed by atoms with Gasteiger partial charge in [-0.05, 0) is 30.7 Å². The minimum absolute atomic E-state index is 0.127. The van der Waals surface area contributed by atoms with Crippen molar-refractivity contribution < 1.29 is 23.1 Å². The Hall–Kier alpha value is -2.48. The summed E-state index contributed by atoms with van der Waals surface area (Å²) < 4.78 is 38.4. The van der Waals surface area contributed by atoms with Crippen LogP contribution in [0, 0.1) is 0 Å². The maximum Gasteiger partial charge on any atom is 0.417 e. The van der Waals surface area contributed by atoms with Crippen LogP contribution in [0.4, 0.5) is 30.2 Å². The average molecular weight is 374 g/mol. The first-order valence-electron chi connectivity index (χ1n) is 7.25. The van der Waals surface area contributed by atoms with E-state index < -0.39 is 28.6 Å². The first-order valence-corrected chi connectivity index (χ1v) is 7.63. The molecular formula is C16H15ClF3N3O2. The van der Waals surface area contributed by atoms with Gasteiger partial charge in [-0.1, -0.05) is 18.5 Å². The van der Waals surface area contributed by atoms with Gasteiger partial charge in [-0.15, -0.1) is 0 Å². The second-order valence-corrected chi connectivity index (χ2v) is 5.72. The number of alkyl halides is 3. The second-order valence-electron chi connectivity index (χ2n) is 5.31. The third-order valence-electron chi connectivity index (χ3n) is 3.57. The number of benzene rings is 1. The van der Waals surface area contributed by atoms with Gasteiger partial charge in [-0.25, -0.2) is 0 Å². The number of aliphatic carboxylic acids is 1. The standard InChI is InChI=1S/C16H15ClF3N3O2/c1-2-9(15(24)25)13-4-3-8(7-22-13)23-14-6-11(17)10(5-12(14)21)16(18,19)20/h3-7,9,23H,2,21H2,1H3,(H,24,25). The van der Waals surface area contributed by atoms with Gasteiger partial charge in [-0.2, -0.15) is 13.2 Å². The third-order valence-corrected chi connectivity index (χ3v) is 3.89. The van der Waals surface area contributed by atoms with Crippen LogP contribution < -0.4 is 11.1 Å².